The van der Waals surface area contributed by atoms with Crippen LogP contribution in [-0.4, -0.2) is 38.7 Å². The van der Waals surface area contributed by atoms with Crippen molar-refractivity contribution >= 4 is 34.1 Å². The second-order valence-corrected chi connectivity index (χ2v) is 8.92. The summed E-state index contributed by atoms with van der Waals surface area (Å²) in [5.41, 5.74) is -0.635. The molecule has 14 heteroatoms. The number of aromatic nitrogens is 8. The molecule has 0 aliphatic rings. The monoisotopic (exact) mass is 527 g/mol. The minimum Gasteiger partial charge on any atom is -0.324 e. The molecular weight excluding hydrogens is 508 g/mol. The first-order chi connectivity index (χ1) is 17.6. The zero-order valence-corrected chi connectivity index (χ0v) is 20.7. The molecule has 0 aliphatic heterocycles. The molecule has 0 spiro atoms. The minimum absolute atomic E-state index is 0.143. The van der Waals surface area contributed by atoms with E-state index in [0.29, 0.717) is 11.2 Å². The van der Waals surface area contributed by atoms with Gasteiger partial charge in [0.25, 0.3) is 0 Å². The van der Waals surface area contributed by atoms with Crippen molar-refractivity contribution in [1.82, 2.24) is 38.7 Å². The normalized spacial score (nSPS) is 11.4. The van der Waals surface area contributed by atoms with Gasteiger partial charge in [-0.05, 0) is 36.8 Å². The van der Waals surface area contributed by atoms with Gasteiger partial charge in [-0.2, -0.15) is 15.2 Å². The SMILES string of the molecule is Cc1c(F)cc(Cn2c(Nc3cc4cn(C)nc4cc3Cl)nc(=O)n(Cc3ncn(C)n3)c2=O)cc1F. The first-order valence-corrected chi connectivity index (χ1v) is 11.4. The topological polar surface area (TPSA) is 117 Å². The van der Waals surface area contributed by atoms with E-state index >= 15 is 0 Å². The molecule has 0 fully saturated rings. The molecule has 2 aromatic carbocycles. The molecule has 0 unspecified atom stereocenters. The van der Waals surface area contributed by atoms with Gasteiger partial charge in [0, 0.05) is 31.2 Å². The van der Waals surface area contributed by atoms with Crippen molar-refractivity contribution in [2.75, 3.05) is 5.32 Å². The van der Waals surface area contributed by atoms with E-state index in [1.165, 1.54) is 17.9 Å². The number of nitrogens with one attached hydrogen (secondary N) is 1. The number of hydrogen-bond acceptors (Lipinski definition) is 7. The lowest BCUT2D eigenvalue weighted by Gasteiger charge is -2.16. The summed E-state index contributed by atoms with van der Waals surface area (Å²) >= 11 is 6.43. The Kier molecular flexibility index (Phi) is 6.07. The zero-order valence-electron chi connectivity index (χ0n) is 19.9. The van der Waals surface area contributed by atoms with E-state index in [4.69, 9.17) is 11.6 Å². The molecular formula is C23H20ClF2N9O2. The lowest BCUT2D eigenvalue weighted by Crippen LogP contribution is -2.43. The van der Waals surface area contributed by atoms with Crippen LogP contribution < -0.4 is 16.7 Å². The van der Waals surface area contributed by atoms with Gasteiger partial charge >= 0.3 is 11.4 Å². The average molecular weight is 528 g/mol. The summed E-state index contributed by atoms with van der Waals surface area (Å²) < 4.78 is 33.5. The average Bonchev–Trinajstić information content (AvgIpc) is 3.41. The van der Waals surface area contributed by atoms with E-state index in [0.717, 1.165) is 26.7 Å². The van der Waals surface area contributed by atoms with Gasteiger partial charge in [0.1, 0.15) is 18.0 Å². The van der Waals surface area contributed by atoms with Gasteiger partial charge in [-0.15, -0.1) is 0 Å². The molecule has 0 radical (unpaired) electrons. The summed E-state index contributed by atoms with van der Waals surface area (Å²) in [6, 6.07) is 5.56. The highest BCUT2D eigenvalue weighted by Crippen LogP contribution is 2.29. The molecule has 11 nitrogen and oxygen atoms in total. The summed E-state index contributed by atoms with van der Waals surface area (Å²) in [6.07, 6.45) is 3.20. The number of nitrogens with zero attached hydrogens (tertiary/aromatic N) is 8. The third-order valence-electron chi connectivity index (χ3n) is 5.73. The Morgan fingerprint density at radius 3 is 2.38 bits per heavy atom. The third-order valence-corrected chi connectivity index (χ3v) is 6.04. The summed E-state index contributed by atoms with van der Waals surface area (Å²) in [6.45, 7) is 0.779. The predicted molar refractivity (Wildman–Crippen MR) is 132 cm³/mol. The predicted octanol–water partition coefficient (Wildman–Crippen LogP) is 2.50. The van der Waals surface area contributed by atoms with Crippen LogP contribution in [0.2, 0.25) is 5.02 Å². The van der Waals surface area contributed by atoms with Crippen LogP contribution in [-0.2, 0) is 27.2 Å². The van der Waals surface area contributed by atoms with E-state index in [2.05, 4.69) is 25.5 Å². The molecule has 37 heavy (non-hydrogen) atoms. The van der Waals surface area contributed by atoms with Gasteiger partial charge in [-0.1, -0.05) is 11.6 Å². The fourth-order valence-electron chi connectivity index (χ4n) is 3.86. The van der Waals surface area contributed by atoms with Crippen molar-refractivity contribution in [2.24, 2.45) is 14.1 Å². The van der Waals surface area contributed by atoms with E-state index in [1.54, 1.807) is 37.1 Å². The van der Waals surface area contributed by atoms with Crippen LogP contribution in [0.25, 0.3) is 10.9 Å². The number of fused-ring (bicyclic) bond motifs is 1. The van der Waals surface area contributed by atoms with E-state index in [-0.39, 0.29) is 41.0 Å². The molecule has 190 valence electrons. The van der Waals surface area contributed by atoms with Gasteiger partial charge in [-0.3, -0.25) is 13.9 Å². The van der Waals surface area contributed by atoms with Crippen molar-refractivity contribution in [2.45, 2.75) is 20.0 Å². The van der Waals surface area contributed by atoms with Crippen molar-refractivity contribution in [3.63, 3.8) is 0 Å². The molecule has 0 saturated heterocycles. The minimum atomic E-state index is -0.865. The first kappa shape index (κ1) is 24.3. The molecule has 0 atom stereocenters. The molecule has 3 heterocycles. The Hall–Kier alpha value is -4.39. The maximum Gasteiger partial charge on any atom is 0.355 e. The van der Waals surface area contributed by atoms with Gasteiger partial charge in [0.15, 0.2) is 5.82 Å². The Morgan fingerprint density at radius 1 is 0.973 bits per heavy atom. The third kappa shape index (κ3) is 4.72. The maximum atomic E-state index is 14.3. The highest BCUT2D eigenvalue weighted by atomic mass is 35.5. The van der Waals surface area contributed by atoms with Crippen molar-refractivity contribution in [3.8, 4) is 0 Å². The lowest BCUT2D eigenvalue weighted by atomic mass is 10.1. The quantitative estimate of drug-likeness (QED) is 0.360. The number of anilines is 2. The molecule has 5 aromatic rings. The fourth-order valence-corrected chi connectivity index (χ4v) is 4.06. The highest BCUT2D eigenvalue weighted by Gasteiger charge is 2.18. The fraction of sp³-hybridized carbons (Fsp3) is 0.217. The van der Waals surface area contributed by atoms with E-state index in [9.17, 15) is 18.4 Å². The van der Waals surface area contributed by atoms with Crippen molar-refractivity contribution < 1.29 is 8.78 Å². The van der Waals surface area contributed by atoms with Gasteiger partial charge < -0.3 is 5.32 Å². The van der Waals surface area contributed by atoms with Crippen molar-refractivity contribution in [1.29, 1.82) is 0 Å². The Labute approximate surface area is 212 Å². The number of halogens is 3. The first-order valence-electron chi connectivity index (χ1n) is 11.0. The molecule has 0 bridgehead atoms. The Morgan fingerprint density at radius 2 is 1.70 bits per heavy atom. The number of hydrogen-bond donors (Lipinski definition) is 1. The largest absolute Gasteiger partial charge is 0.355 e. The van der Waals surface area contributed by atoms with Crippen LogP contribution >= 0.6 is 11.6 Å². The second-order valence-electron chi connectivity index (χ2n) is 8.51. The van der Waals surface area contributed by atoms with Crippen LogP contribution in [0, 0.1) is 18.6 Å². The summed E-state index contributed by atoms with van der Waals surface area (Å²) in [5, 5.41) is 12.3. The maximum absolute atomic E-state index is 14.3. The van der Waals surface area contributed by atoms with E-state index < -0.39 is 23.0 Å². The number of benzene rings is 2. The Bertz CT molecular complexity index is 1760. The standard InChI is InChI=1S/C23H20ClF2N9O2/c1-12-16(25)4-13(5-17(12)26)8-34-21(28-19-6-14-9-32(2)30-18(14)7-15(19)24)29-22(36)35(23(34)37)10-20-27-11-33(3)31-20/h4-7,9,11H,8,10H2,1-3H3,(H,28,29,36). The van der Waals surface area contributed by atoms with Crippen LogP contribution in [0.3, 0.4) is 0 Å². The second kappa shape index (κ2) is 9.24. The zero-order chi connectivity index (χ0) is 26.4. The molecule has 1 N–H and O–H groups in total. The number of rotatable bonds is 6. The molecule has 0 saturated carbocycles. The summed E-state index contributed by atoms with van der Waals surface area (Å²) in [7, 11) is 3.41. The van der Waals surface area contributed by atoms with Crippen LogP contribution in [0.15, 0.2) is 46.4 Å². The summed E-state index contributed by atoms with van der Waals surface area (Å²) in [5.74, 6) is -1.47. The summed E-state index contributed by atoms with van der Waals surface area (Å²) in [4.78, 5) is 34.5. The molecule has 0 amide bonds. The van der Waals surface area contributed by atoms with Gasteiger partial charge in [0.05, 0.1) is 29.3 Å². The lowest BCUT2D eigenvalue weighted by molar-refractivity contribution is 0.552. The molecule has 5 rings (SSSR count). The van der Waals surface area contributed by atoms with Gasteiger partial charge in [0.2, 0.25) is 5.95 Å². The highest BCUT2D eigenvalue weighted by molar-refractivity contribution is 6.34. The van der Waals surface area contributed by atoms with E-state index in [1.807, 2.05) is 0 Å². The molecule has 0 aliphatic carbocycles. The Balaban J connectivity index is 1.63. The van der Waals surface area contributed by atoms with Crippen molar-refractivity contribution in [3.05, 3.63) is 91.4 Å². The van der Waals surface area contributed by atoms with Crippen LogP contribution in [0.5, 0.6) is 0 Å². The molecule has 3 aromatic heterocycles. The van der Waals surface area contributed by atoms with Crippen LogP contribution in [0.1, 0.15) is 17.0 Å². The smallest absolute Gasteiger partial charge is 0.324 e. The van der Waals surface area contributed by atoms with Gasteiger partial charge in [-0.25, -0.2) is 27.9 Å². The number of aryl methyl sites for hydroxylation is 2. The van der Waals surface area contributed by atoms with Crippen LogP contribution in [0.4, 0.5) is 20.4 Å².